The fraction of sp³-hybridized carbons (Fsp3) is 0.467. The number of rotatable bonds is 3. The Hall–Kier alpha value is -1.43. The van der Waals surface area contributed by atoms with E-state index in [1.165, 1.54) is 12.1 Å². The molecule has 0 atom stereocenters. The predicted octanol–water partition coefficient (Wildman–Crippen LogP) is 3.00. The number of likely N-dealkylation sites (tertiary alicyclic amines) is 1. The number of carbonyl (C=O) groups excluding carboxylic acids is 2. The summed E-state index contributed by atoms with van der Waals surface area (Å²) in [6, 6.07) is 4.39. The molecular weight excluding hydrogens is 341 g/mol. The molecule has 2 rings (SSSR count). The quantitative estimate of drug-likeness (QED) is 0.781. The number of carbonyl (C=O) groups is 2. The first-order valence-electron chi connectivity index (χ1n) is 6.94. The molecule has 0 saturated carbocycles. The molecule has 0 aromatic heterocycles. The summed E-state index contributed by atoms with van der Waals surface area (Å²) in [5.74, 6) is -1.24. The normalized spacial score (nSPS) is 15.9. The molecule has 114 valence electrons. The lowest BCUT2D eigenvalue weighted by Gasteiger charge is -2.31. The molecule has 0 spiro atoms. The number of hydrogen-bond acceptors (Lipinski definition) is 3. The highest BCUT2D eigenvalue weighted by Crippen LogP contribution is 2.22. The van der Waals surface area contributed by atoms with Crippen LogP contribution in [0.4, 0.5) is 4.39 Å². The van der Waals surface area contributed by atoms with Gasteiger partial charge in [-0.1, -0.05) is 15.9 Å². The minimum absolute atomic E-state index is 0.0628. The first-order chi connectivity index (χ1) is 10.0. The van der Waals surface area contributed by atoms with E-state index in [4.69, 9.17) is 4.74 Å². The lowest BCUT2D eigenvalue weighted by molar-refractivity contribution is -0.149. The highest BCUT2D eigenvalue weighted by Gasteiger charge is 2.29. The second kappa shape index (κ2) is 7.02. The van der Waals surface area contributed by atoms with Gasteiger partial charge in [-0.15, -0.1) is 0 Å². The van der Waals surface area contributed by atoms with E-state index in [1.807, 2.05) is 0 Å². The Balaban J connectivity index is 1.98. The van der Waals surface area contributed by atoms with Gasteiger partial charge in [-0.05, 0) is 38.0 Å². The Morgan fingerprint density at radius 1 is 1.38 bits per heavy atom. The van der Waals surface area contributed by atoms with E-state index in [0.717, 1.165) is 0 Å². The molecule has 0 unspecified atom stereocenters. The van der Waals surface area contributed by atoms with E-state index in [0.29, 0.717) is 37.0 Å². The Labute approximate surface area is 131 Å². The highest BCUT2D eigenvalue weighted by molar-refractivity contribution is 9.10. The van der Waals surface area contributed by atoms with Gasteiger partial charge in [-0.25, -0.2) is 4.39 Å². The molecule has 1 heterocycles. The van der Waals surface area contributed by atoms with Crippen LogP contribution in [0.2, 0.25) is 0 Å². The van der Waals surface area contributed by atoms with Crippen LogP contribution in [0.5, 0.6) is 0 Å². The third-order valence-electron chi connectivity index (χ3n) is 3.56. The predicted molar refractivity (Wildman–Crippen MR) is 79.4 cm³/mol. The van der Waals surface area contributed by atoms with Crippen molar-refractivity contribution in [2.24, 2.45) is 5.92 Å². The first-order valence-corrected chi connectivity index (χ1v) is 7.73. The Morgan fingerprint density at radius 2 is 2.05 bits per heavy atom. The summed E-state index contributed by atoms with van der Waals surface area (Å²) >= 11 is 3.16. The summed E-state index contributed by atoms with van der Waals surface area (Å²) in [5, 5.41) is 0. The van der Waals surface area contributed by atoms with E-state index < -0.39 is 5.82 Å². The molecule has 1 amide bonds. The van der Waals surface area contributed by atoms with Gasteiger partial charge in [-0.2, -0.15) is 0 Å². The zero-order valence-corrected chi connectivity index (χ0v) is 13.4. The summed E-state index contributed by atoms with van der Waals surface area (Å²) in [6.45, 7) is 3.02. The second-order valence-electron chi connectivity index (χ2n) is 4.94. The number of nitrogens with zero attached hydrogens (tertiary/aromatic N) is 1. The number of piperidine rings is 1. The zero-order valence-electron chi connectivity index (χ0n) is 11.8. The standard InChI is InChI=1S/C15H17BrFNO3/c1-2-21-15(20)10-5-7-18(8-6-10)14(19)12-4-3-11(16)9-13(12)17/h3-4,9-10H,2,5-8H2,1H3. The maximum absolute atomic E-state index is 13.8. The number of esters is 1. The van der Waals surface area contributed by atoms with Crippen molar-refractivity contribution in [2.75, 3.05) is 19.7 Å². The van der Waals surface area contributed by atoms with Crippen LogP contribution in [-0.2, 0) is 9.53 Å². The smallest absolute Gasteiger partial charge is 0.309 e. The number of amides is 1. The summed E-state index contributed by atoms with van der Waals surface area (Å²) in [5.41, 5.74) is 0.0628. The van der Waals surface area contributed by atoms with Crippen LogP contribution in [0.3, 0.4) is 0 Å². The molecule has 1 saturated heterocycles. The molecule has 0 aliphatic carbocycles. The lowest BCUT2D eigenvalue weighted by Crippen LogP contribution is -2.41. The SMILES string of the molecule is CCOC(=O)C1CCN(C(=O)c2ccc(Br)cc2F)CC1. The average molecular weight is 358 g/mol. The molecule has 1 aromatic carbocycles. The van der Waals surface area contributed by atoms with Gasteiger partial charge in [-0.3, -0.25) is 9.59 Å². The Morgan fingerprint density at radius 3 is 2.62 bits per heavy atom. The van der Waals surface area contributed by atoms with Crippen LogP contribution in [0.15, 0.2) is 22.7 Å². The molecule has 1 aliphatic rings. The van der Waals surface area contributed by atoms with Gasteiger partial charge in [0.1, 0.15) is 5.82 Å². The number of hydrogen-bond donors (Lipinski definition) is 0. The van der Waals surface area contributed by atoms with Crippen LogP contribution in [0.1, 0.15) is 30.1 Å². The van der Waals surface area contributed by atoms with E-state index >= 15 is 0 Å². The van der Waals surface area contributed by atoms with Crippen molar-refractivity contribution >= 4 is 27.8 Å². The molecule has 0 radical (unpaired) electrons. The van der Waals surface area contributed by atoms with Crippen LogP contribution in [-0.4, -0.2) is 36.5 Å². The van der Waals surface area contributed by atoms with Crippen LogP contribution >= 0.6 is 15.9 Å². The summed E-state index contributed by atoms with van der Waals surface area (Å²) < 4.78 is 19.4. The number of halogens is 2. The third-order valence-corrected chi connectivity index (χ3v) is 4.06. The summed E-state index contributed by atoms with van der Waals surface area (Å²) in [4.78, 5) is 25.5. The van der Waals surface area contributed by atoms with Crippen molar-refractivity contribution in [3.05, 3.63) is 34.1 Å². The monoisotopic (exact) mass is 357 g/mol. The maximum Gasteiger partial charge on any atom is 0.309 e. The maximum atomic E-state index is 13.8. The molecule has 1 fully saturated rings. The second-order valence-corrected chi connectivity index (χ2v) is 5.86. The topological polar surface area (TPSA) is 46.6 Å². The largest absolute Gasteiger partial charge is 0.466 e. The van der Waals surface area contributed by atoms with E-state index in [-0.39, 0.29) is 23.4 Å². The third kappa shape index (κ3) is 3.81. The van der Waals surface area contributed by atoms with E-state index in [9.17, 15) is 14.0 Å². The van der Waals surface area contributed by atoms with Crippen molar-refractivity contribution in [2.45, 2.75) is 19.8 Å². The fourth-order valence-electron chi connectivity index (χ4n) is 2.41. The van der Waals surface area contributed by atoms with Gasteiger partial charge in [0.25, 0.3) is 5.91 Å². The summed E-state index contributed by atoms with van der Waals surface area (Å²) in [6.07, 6.45) is 1.12. The van der Waals surface area contributed by atoms with E-state index in [1.54, 1.807) is 17.9 Å². The fourth-order valence-corrected chi connectivity index (χ4v) is 2.74. The van der Waals surface area contributed by atoms with Gasteiger partial charge in [0.05, 0.1) is 18.1 Å². The van der Waals surface area contributed by atoms with Crippen LogP contribution in [0.25, 0.3) is 0 Å². The molecule has 0 bridgehead atoms. The molecule has 21 heavy (non-hydrogen) atoms. The zero-order chi connectivity index (χ0) is 15.4. The van der Waals surface area contributed by atoms with Gasteiger partial charge >= 0.3 is 5.97 Å². The number of benzene rings is 1. The highest BCUT2D eigenvalue weighted by atomic mass is 79.9. The van der Waals surface area contributed by atoms with Gasteiger partial charge in [0, 0.05) is 17.6 Å². The van der Waals surface area contributed by atoms with Gasteiger partial charge < -0.3 is 9.64 Å². The Bertz CT molecular complexity index is 542. The van der Waals surface area contributed by atoms with Crippen molar-refractivity contribution in [3.63, 3.8) is 0 Å². The first kappa shape index (κ1) is 15.9. The van der Waals surface area contributed by atoms with Crippen molar-refractivity contribution in [1.82, 2.24) is 4.90 Å². The molecular formula is C15H17BrFNO3. The lowest BCUT2D eigenvalue weighted by atomic mass is 9.96. The average Bonchev–Trinajstić information content (AvgIpc) is 2.47. The molecule has 0 N–H and O–H groups in total. The molecule has 6 heteroatoms. The molecule has 4 nitrogen and oxygen atoms in total. The van der Waals surface area contributed by atoms with E-state index in [2.05, 4.69) is 15.9 Å². The van der Waals surface area contributed by atoms with Gasteiger partial charge in [0.2, 0.25) is 0 Å². The minimum atomic E-state index is -0.540. The van der Waals surface area contributed by atoms with Crippen molar-refractivity contribution < 1.29 is 18.7 Å². The van der Waals surface area contributed by atoms with Crippen LogP contribution in [0, 0.1) is 11.7 Å². The summed E-state index contributed by atoms with van der Waals surface area (Å²) in [7, 11) is 0. The Kier molecular flexibility index (Phi) is 5.33. The van der Waals surface area contributed by atoms with Crippen LogP contribution < -0.4 is 0 Å². The molecule has 1 aliphatic heterocycles. The molecule has 1 aromatic rings. The van der Waals surface area contributed by atoms with Gasteiger partial charge in [0.15, 0.2) is 0 Å². The van der Waals surface area contributed by atoms with Crippen molar-refractivity contribution in [1.29, 1.82) is 0 Å². The number of ether oxygens (including phenoxy) is 1. The van der Waals surface area contributed by atoms with Crippen molar-refractivity contribution in [3.8, 4) is 0 Å². The minimum Gasteiger partial charge on any atom is -0.466 e.